The van der Waals surface area contributed by atoms with Gasteiger partial charge in [0.1, 0.15) is 5.82 Å². The van der Waals surface area contributed by atoms with Crippen molar-refractivity contribution in [2.45, 2.75) is 20.0 Å². The third-order valence-corrected chi connectivity index (χ3v) is 6.39. The van der Waals surface area contributed by atoms with E-state index in [9.17, 15) is 10.1 Å². The average molecular weight is 556 g/mol. The first-order valence-corrected chi connectivity index (χ1v) is 12.6. The second kappa shape index (κ2) is 12.9. The van der Waals surface area contributed by atoms with Gasteiger partial charge >= 0.3 is 0 Å². The normalized spacial score (nSPS) is 11.0. The fourth-order valence-electron chi connectivity index (χ4n) is 4.00. The van der Waals surface area contributed by atoms with Crippen molar-refractivity contribution in [2.75, 3.05) is 39.2 Å². The monoisotopic (exact) mass is 554 g/mol. The lowest BCUT2D eigenvalue weighted by Crippen LogP contribution is -2.11. The number of aromatic nitrogens is 1. The van der Waals surface area contributed by atoms with Gasteiger partial charge < -0.3 is 20.9 Å². The molecule has 0 saturated carbocycles. The van der Waals surface area contributed by atoms with Gasteiger partial charge in [0.05, 0.1) is 10.3 Å². The van der Waals surface area contributed by atoms with Crippen LogP contribution in [0.4, 0.5) is 22.9 Å². The summed E-state index contributed by atoms with van der Waals surface area (Å²) in [6, 6.07) is 16.5. The van der Waals surface area contributed by atoms with Gasteiger partial charge in [-0.3, -0.25) is 10.1 Å². The molecule has 0 radical (unpaired) electrons. The molecule has 3 aromatic carbocycles. The van der Waals surface area contributed by atoms with Crippen molar-refractivity contribution >= 4 is 56.9 Å². The highest BCUT2D eigenvalue weighted by atomic mass is 35.5. The van der Waals surface area contributed by atoms with E-state index in [-0.39, 0.29) is 10.6 Å². The molecule has 0 atom stereocenters. The summed E-state index contributed by atoms with van der Waals surface area (Å²) in [6.07, 6.45) is 1.58. The molecular formula is C28H32Cl2N6O2. The highest BCUT2D eigenvalue weighted by Gasteiger charge is 2.17. The van der Waals surface area contributed by atoms with Crippen LogP contribution in [0.3, 0.4) is 0 Å². The molecular weight excluding hydrogens is 523 g/mol. The Bertz CT molecular complexity index is 1440. The number of benzene rings is 3. The Morgan fingerprint density at radius 1 is 0.895 bits per heavy atom. The molecule has 0 bridgehead atoms. The summed E-state index contributed by atoms with van der Waals surface area (Å²) in [6.45, 7) is 3.27. The van der Waals surface area contributed by atoms with Crippen LogP contribution in [0.2, 0.25) is 10.0 Å². The molecule has 1 heterocycles. The molecule has 8 nitrogen and oxygen atoms in total. The number of hydrogen-bond donors (Lipinski definition) is 2. The summed E-state index contributed by atoms with van der Waals surface area (Å²) >= 11 is 12.2. The van der Waals surface area contributed by atoms with Crippen molar-refractivity contribution in [3.8, 4) is 0 Å². The van der Waals surface area contributed by atoms with Crippen LogP contribution >= 0.6 is 23.2 Å². The van der Waals surface area contributed by atoms with Crippen LogP contribution in [-0.2, 0) is 13.1 Å². The lowest BCUT2D eigenvalue weighted by atomic mass is 10.1. The van der Waals surface area contributed by atoms with Crippen molar-refractivity contribution in [2.24, 2.45) is 0 Å². The Hall–Kier alpha value is -3.43. The number of halogens is 2. The summed E-state index contributed by atoms with van der Waals surface area (Å²) in [4.78, 5) is 19.5. The van der Waals surface area contributed by atoms with Crippen LogP contribution in [0.15, 0.2) is 60.8 Å². The predicted octanol–water partition coefficient (Wildman–Crippen LogP) is 6.89. The van der Waals surface area contributed by atoms with Crippen molar-refractivity contribution in [1.82, 2.24) is 14.8 Å². The second-order valence-corrected chi connectivity index (χ2v) is 10.3. The SMILES string of the molecule is CN(C)Cc1cc(N)ccc1Cl.Cc1ccc2c(Nc3ccc(Cl)c(CN(C)C)c3)nccc2c1[N+](=O)[O-]. The van der Waals surface area contributed by atoms with Gasteiger partial charge in [-0.1, -0.05) is 29.3 Å². The standard InChI is InChI=1S/C19H19ClN4O2.C9H13ClN2/c1-12-4-6-16-15(18(12)24(25)26)8-9-21-19(16)22-14-5-7-17(20)13(10-14)11-23(2)3;1-12(2)6-7-5-8(11)3-4-9(7)10/h4-10H,11H2,1-3H3,(H,21,22);3-5H,6,11H2,1-2H3. The first-order chi connectivity index (χ1) is 18.0. The summed E-state index contributed by atoms with van der Waals surface area (Å²) in [5, 5.41) is 17.4. The van der Waals surface area contributed by atoms with E-state index in [1.807, 2.05) is 75.6 Å². The second-order valence-electron chi connectivity index (χ2n) is 9.50. The average Bonchev–Trinajstić information content (AvgIpc) is 2.83. The number of pyridine rings is 1. The minimum absolute atomic E-state index is 0.109. The van der Waals surface area contributed by atoms with Gasteiger partial charge in [-0.15, -0.1) is 0 Å². The molecule has 3 N–H and O–H groups in total. The van der Waals surface area contributed by atoms with Gasteiger partial charge in [-0.05, 0) is 94.8 Å². The van der Waals surface area contributed by atoms with E-state index in [2.05, 4.69) is 15.2 Å². The van der Waals surface area contributed by atoms with Crippen LogP contribution in [0.1, 0.15) is 16.7 Å². The van der Waals surface area contributed by atoms with Gasteiger partial charge in [0.2, 0.25) is 0 Å². The van der Waals surface area contributed by atoms with E-state index in [1.54, 1.807) is 25.3 Å². The van der Waals surface area contributed by atoms with Crippen LogP contribution in [0.5, 0.6) is 0 Å². The number of anilines is 3. The lowest BCUT2D eigenvalue weighted by molar-refractivity contribution is -0.383. The zero-order valence-electron chi connectivity index (χ0n) is 22.1. The molecule has 0 aliphatic rings. The minimum atomic E-state index is -0.348. The summed E-state index contributed by atoms with van der Waals surface area (Å²) in [7, 11) is 7.95. The largest absolute Gasteiger partial charge is 0.399 e. The van der Waals surface area contributed by atoms with Crippen molar-refractivity contribution in [1.29, 1.82) is 0 Å². The first-order valence-electron chi connectivity index (χ1n) is 11.9. The molecule has 38 heavy (non-hydrogen) atoms. The summed E-state index contributed by atoms with van der Waals surface area (Å²) < 4.78 is 0. The number of nitrogens with two attached hydrogens (primary N) is 1. The zero-order valence-corrected chi connectivity index (χ0v) is 23.6. The van der Waals surface area contributed by atoms with Crippen LogP contribution < -0.4 is 11.1 Å². The Morgan fingerprint density at radius 3 is 2.11 bits per heavy atom. The molecule has 0 amide bonds. The molecule has 0 aliphatic heterocycles. The number of fused-ring (bicyclic) bond motifs is 1. The number of nitrogens with one attached hydrogen (secondary N) is 1. The topological polar surface area (TPSA) is 101 Å². The maximum atomic E-state index is 11.4. The van der Waals surface area contributed by atoms with Gasteiger partial charge in [0, 0.05) is 51.7 Å². The molecule has 1 aromatic heterocycles. The number of rotatable bonds is 7. The number of hydrogen-bond acceptors (Lipinski definition) is 7. The summed E-state index contributed by atoms with van der Waals surface area (Å²) in [5.41, 5.74) is 10.0. The quantitative estimate of drug-likeness (QED) is 0.145. The smallest absolute Gasteiger partial charge is 0.280 e. The molecule has 0 aliphatic carbocycles. The Labute approximate surface area is 233 Å². The number of nitrogen functional groups attached to an aromatic ring is 1. The molecule has 0 spiro atoms. The molecule has 200 valence electrons. The van der Waals surface area contributed by atoms with Crippen molar-refractivity contribution in [3.05, 3.63) is 97.6 Å². The Kier molecular flexibility index (Phi) is 9.88. The van der Waals surface area contributed by atoms with Gasteiger partial charge in [0.25, 0.3) is 5.69 Å². The maximum Gasteiger partial charge on any atom is 0.280 e. The number of nitro groups is 1. The van der Waals surface area contributed by atoms with Gasteiger partial charge in [-0.25, -0.2) is 4.98 Å². The molecule has 0 saturated heterocycles. The van der Waals surface area contributed by atoms with E-state index in [0.717, 1.165) is 34.1 Å². The van der Waals surface area contributed by atoms with Crippen molar-refractivity contribution < 1.29 is 4.92 Å². The number of nitrogens with zero attached hydrogens (tertiary/aromatic N) is 4. The van der Waals surface area contributed by atoms with Gasteiger partial charge in [0.15, 0.2) is 0 Å². The molecule has 0 fully saturated rings. The predicted molar refractivity (Wildman–Crippen MR) is 159 cm³/mol. The van der Waals surface area contributed by atoms with E-state index in [4.69, 9.17) is 28.9 Å². The minimum Gasteiger partial charge on any atom is -0.399 e. The van der Waals surface area contributed by atoms with Crippen LogP contribution in [-0.4, -0.2) is 47.9 Å². The lowest BCUT2D eigenvalue weighted by Gasteiger charge is -2.14. The molecule has 0 unspecified atom stereocenters. The fraction of sp³-hybridized carbons (Fsp3) is 0.250. The highest BCUT2D eigenvalue weighted by Crippen LogP contribution is 2.33. The maximum absolute atomic E-state index is 11.4. The van der Waals surface area contributed by atoms with E-state index < -0.39 is 0 Å². The van der Waals surface area contributed by atoms with Gasteiger partial charge in [-0.2, -0.15) is 0 Å². The summed E-state index contributed by atoms with van der Waals surface area (Å²) in [5.74, 6) is 0.573. The zero-order chi connectivity index (χ0) is 28.0. The molecule has 4 rings (SSSR count). The van der Waals surface area contributed by atoms with Crippen LogP contribution in [0.25, 0.3) is 10.8 Å². The van der Waals surface area contributed by atoms with E-state index >= 15 is 0 Å². The Balaban J connectivity index is 0.000000279. The van der Waals surface area contributed by atoms with Crippen molar-refractivity contribution in [3.63, 3.8) is 0 Å². The molecule has 4 aromatic rings. The molecule has 10 heteroatoms. The van der Waals surface area contributed by atoms with E-state index in [0.29, 0.717) is 33.7 Å². The third-order valence-electron chi connectivity index (χ3n) is 5.65. The highest BCUT2D eigenvalue weighted by molar-refractivity contribution is 6.31. The first kappa shape index (κ1) is 29.1. The third kappa shape index (κ3) is 7.55. The Morgan fingerprint density at radius 2 is 1.50 bits per heavy atom. The fourth-order valence-corrected chi connectivity index (χ4v) is 4.35. The van der Waals surface area contributed by atoms with E-state index in [1.165, 1.54) is 0 Å². The number of nitro benzene ring substituents is 1. The number of aryl methyl sites for hydroxylation is 1. The van der Waals surface area contributed by atoms with Crippen LogP contribution in [0, 0.1) is 17.0 Å².